The molecule has 0 saturated carbocycles. The summed E-state index contributed by atoms with van der Waals surface area (Å²) in [6.07, 6.45) is 0. The first-order valence-corrected chi connectivity index (χ1v) is 7.01. The Hall–Kier alpha value is -3.37. The van der Waals surface area contributed by atoms with Gasteiger partial charge in [-0.2, -0.15) is 5.26 Å². The fourth-order valence-corrected chi connectivity index (χ4v) is 2.35. The predicted octanol–water partition coefficient (Wildman–Crippen LogP) is 3.46. The molecule has 112 valence electrons. The number of nitrogens with zero attached hydrogens (tertiary/aromatic N) is 1. The zero-order chi connectivity index (χ0) is 16.2. The highest BCUT2D eigenvalue weighted by Crippen LogP contribution is 2.25. The SMILES string of the molecule is COc1cccc(C#Cc2[nH]c3cc(OC)ccc3c2C#N)c1. The minimum Gasteiger partial charge on any atom is -0.497 e. The van der Waals surface area contributed by atoms with Crippen LogP contribution in [0, 0.1) is 23.2 Å². The van der Waals surface area contributed by atoms with Gasteiger partial charge >= 0.3 is 0 Å². The van der Waals surface area contributed by atoms with Crippen LogP contribution in [0.25, 0.3) is 10.9 Å². The Morgan fingerprint density at radius 1 is 0.957 bits per heavy atom. The molecule has 0 aliphatic carbocycles. The third-order valence-electron chi connectivity index (χ3n) is 3.52. The zero-order valence-corrected chi connectivity index (χ0v) is 12.8. The molecule has 0 fully saturated rings. The number of aromatic nitrogens is 1. The number of methoxy groups -OCH3 is 2. The molecule has 0 unspecified atom stereocenters. The first-order chi connectivity index (χ1) is 11.2. The van der Waals surface area contributed by atoms with E-state index in [2.05, 4.69) is 22.9 Å². The van der Waals surface area contributed by atoms with Crippen molar-refractivity contribution in [2.75, 3.05) is 14.2 Å². The number of benzene rings is 2. The lowest BCUT2D eigenvalue weighted by molar-refractivity contribution is 0.414. The Balaban J connectivity index is 2.06. The molecule has 0 bridgehead atoms. The molecule has 0 aliphatic heterocycles. The Bertz CT molecular complexity index is 968. The van der Waals surface area contributed by atoms with Crippen LogP contribution < -0.4 is 9.47 Å². The van der Waals surface area contributed by atoms with Gasteiger partial charge in [-0.3, -0.25) is 0 Å². The van der Waals surface area contributed by atoms with Gasteiger partial charge in [0.1, 0.15) is 23.3 Å². The van der Waals surface area contributed by atoms with Crippen molar-refractivity contribution in [1.29, 1.82) is 5.26 Å². The van der Waals surface area contributed by atoms with E-state index >= 15 is 0 Å². The average Bonchev–Trinajstić information content (AvgIpc) is 2.96. The van der Waals surface area contributed by atoms with E-state index in [0.717, 1.165) is 28.0 Å². The zero-order valence-electron chi connectivity index (χ0n) is 12.8. The van der Waals surface area contributed by atoms with E-state index in [-0.39, 0.29) is 0 Å². The van der Waals surface area contributed by atoms with Crippen LogP contribution in [0.2, 0.25) is 0 Å². The van der Waals surface area contributed by atoms with Gasteiger partial charge in [-0.05, 0) is 36.3 Å². The predicted molar refractivity (Wildman–Crippen MR) is 88.5 cm³/mol. The van der Waals surface area contributed by atoms with Crippen molar-refractivity contribution in [1.82, 2.24) is 4.98 Å². The van der Waals surface area contributed by atoms with E-state index in [1.54, 1.807) is 14.2 Å². The maximum atomic E-state index is 9.42. The van der Waals surface area contributed by atoms with Crippen molar-refractivity contribution < 1.29 is 9.47 Å². The molecule has 23 heavy (non-hydrogen) atoms. The van der Waals surface area contributed by atoms with Crippen molar-refractivity contribution in [3.05, 3.63) is 59.3 Å². The minimum atomic E-state index is 0.540. The molecule has 0 saturated heterocycles. The molecule has 0 radical (unpaired) electrons. The highest BCUT2D eigenvalue weighted by Gasteiger charge is 2.10. The lowest BCUT2D eigenvalue weighted by atomic mass is 10.1. The van der Waals surface area contributed by atoms with Crippen LogP contribution in [0.5, 0.6) is 11.5 Å². The molecule has 1 heterocycles. The topological polar surface area (TPSA) is 58.0 Å². The van der Waals surface area contributed by atoms with Crippen LogP contribution in [-0.4, -0.2) is 19.2 Å². The fraction of sp³-hybridized carbons (Fsp3) is 0.105. The van der Waals surface area contributed by atoms with E-state index in [1.165, 1.54) is 0 Å². The summed E-state index contributed by atoms with van der Waals surface area (Å²) in [6.45, 7) is 0. The Morgan fingerprint density at radius 3 is 2.48 bits per heavy atom. The molecule has 2 aromatic carbocycles. The van der Waals surface area contributed by atoms with E-state index in [1.807, 2.05) is 42.5 Å². The number of rotatable bonds is 2. The summed E-state index contributed by atoms with van der Waals surface area (Å²) in [6, 6.07) is 15.2. The molecule has 4 nitrogen and oxygen atoms in total. The number of nitrogens with one attached hydrogen (secondary N) is 1. The largest absolute Gasteiger partial charge is 0.497 e. The van der Waals surface area contributed by atoms with Gasteiger partial charge in [-0.1, -0.05) is 12.0 Å². The van der Waals surface area contributed by atoms with E-state index in [0.29, 0.717) is 11.3 Å². The van der Waals surface area contributed by atoms with Gasteiger partial charge in [0.25, 0.3) is 0 Å². The van der Waals surface area contributed by atoms with Crippen molar-refractivity contribution >= 4 is 10.9 Å². The van der Waals surface area contributed by atoms with Crippen molar-refractivity contribution in [2.24, 2.45) is 0 Å². The number of fused-ring (bicyclic) bond motifs is 1. The van der Waals surface area contributed by atoms with Gasteiger partial charge < -0.3 is 14.5 Å². The molecular weight excluding hydrogens is 288 g/mol. The summed E-state index contributed by atoms with van der Waals surface area (Å²) in [5, 5.41) is 10.3. The highest BCUT2D eigenvalue weighted by molar-refractivity contribution is 5.89. The summed E-state index contributed by atoms with van der Waals surface area (Å²) >= 11 is 0. The summed E-state index contributed by atoms with van der Waals surface area (Å²) in [5.74, 6) is 7.57. The number of hydrogen-bond donors (Lipinski definition) is 1. The van der Waals surface area contributed by atoms with E-state index in [9.17, 15) is 5.26 Å². The van der Waals surface area contributed by atoms with Gasteiger partial charge in [0.15, 0.2) is 0 Å². The lowest BCUT2D eigenvalue weighted by Gasteiger charge is -1.98. The van der Waals surface area contributed by atoms with Crippen LogP contribution >= 0.6 is 0 Å². The Kier molecular flexibility index (Phi) is 3.91. The van der Waals surface area contributed by atoms with Crippen LogP contribution in [0.15, 0.2) is 42.5 Å². The normalized spacial score (nSPS) is 9.78. The molecule has 0 atom stereocenters. The molecule has 1 aromatic heterocycles. The number of aromatic amines is 1. The first-order valence-electron chi connectivity index (χ1n) is 7.01. The number of ether oxygens (including phenoxy) is 2. The molecule has 3 rings (SSSR count). The van der Waals surface area contributed by atoms with E-state index < -0.39 is 0 Å². The Labute approximate surface area is 134 Å². The molecule has 1 N–H and O–H groups in total. The molecule has 3 aromatic rings. The molecule has 4 heteroatoms. The third kappa shape index (κ3) is 2.84. The minimum absolute atomic E-state index is 0.540. The maximum Gasteiger partial charge on any atom is 0.120 e. The number of H-pyrrole nitrogens is 1. The first kappa shape index (κ1) is 14.6. The second-order valence-electron chi connectivity index (χ2n) is 4.88. The summed E-state index contributed by atoms with van der Waals surface area (Å²) in [7, 11) is 3.23. The summed E-state index contributed by atoms with van der Waals surface area (Å²) < 4.78 is 10.4. The molecule has 0 aliphatic rings. The molecular formula is C19H14N2O2. The summed E-state index contributed by atoms with van der Waals surface area (Å²) in [5.41, 5.74) is 2.79. The van der Waals surface area contributed by atoms with Gasteiger partial charge in [0, 0.05) is 17.0 Å². The average molecular weight is 302 g/mol. The smallest absolute Gasteiger partial charge is 0.120 e. The van der Waals surface area contributed by atoms with Gasteiger partial charge in [0.05, 0.1) is 25.3 Å². The van der Waals surface area contributed by atoms with Crippen molar-refractivity contribution in [3.8, 4) is 29.4 Å². The second kappa shape index (κ2) is 6.17. The number of nitriles is 1. The monoisotopic (exact) mass is 302 g/mol. The highest BCUT2D eigenvalue weighted by atomic mass is 16.5. The Morgan fingerprint density at radius 2 is 1.74 bits per heavy atom. The van der Waals surface area contributed by atoms with Gasteiger partial charge in [0.2, 0.25) is 0 Å². The second-order valence-corrected chi connectivity index (χ2v) is 4.88. The molecule has 0 amide bonds. The standard InChI is InChI=1S/C19H14N2O2/c1-22-14-5-3-4-13(10-14)6-9-18-17(12-20)16-8-7-15(23-2)11-19(16)21-18/h3-5,7-8,10-11,21H,1-2H3. The van der Waals surface area contributed by atoms with Crippen molar-refractivity contribution in [3.63, 3.8) is 0 Å². The third-order valence-corrected chi connectivity index (χ3v) is 3.52. The number of hydrogen-bond acceptors (Lipinski definition) is 3. The summed E-state index contributed by atoms with van der Waals surface area (Å²) in [4.78, 5) is 3.18. The maximum absolute atomic E-state index is 9.42. The van der Waals surface area contributed by atoms with Crippen LogP contribution in [0.1, 0.15) is 16.8 Å². The van der Waals surface area contributed by atoms with Crippen LogP contribution in [0.3, 0.4) is 0 Å². The van der Waals surface area contributed by atoms with Crippen LogP contribution in [-0.2, 0) is 0 Å². The van der Waals surface area contributed by atoms with Crippen molar-refractivity contribution in [2.45, 2.75) is 0 Å². The molecule has 0 spiro atoms. The lowest BCUT2D eigenvalue weighted by Crippen LogP contribution is -1.83. The quantitative estimate of drug-likeness (QED) is 0.738. The van der Waals surface area contributed by atoms with Crippen LogP contribution in [0.4, 0.5) is 0 Å². The van der Waals surface area contributed by atoms with Gasteiger partial charge in [-0.15, -0.1) is 0 Å². The van der Waals surface area contributed by atoms with Gasteiger partial charge in [-0.25, -0.2) is 0 Å². The van der Waals surface area contributed by atoms with E-state index in [4.69, 9.17) is 9.47 Å². The fourth-order valence-electron chi connectivity index (χ4n) is 2.35.